The van der Waals surface area contributed by atoms with Crippen LogP contribution in [0.2, 0.25) is 0 Å². The summed E-state index contributed by atoms with van der Waals surface area (Å²) in [6, 6.07) is 0. The van der Waals surface area contributed by atoms with E-state index in [1.165, 1.54) is 12.8 Å². The molecule has 0 unspecified atom stereocenters. The van der Waals surface area contributed by atoms with Crippen LogP contribution in [-0.2, 0) is 4.79 Å². The van der Waals surface area contributed by atoms with E-state index in [2.05, 4.69) is 0 Å². The van der Waals surface area contributed by atoms with Crippen molar-refractivity contribution in [3.63, 3.8) is 0 Å². The van der Waals surface area contributed by atoms with Crippen molar-refractivity contribution in [1.82, 2.24) is 4.90 Å². The van der Waals surface area contributed by atoms with Crippen molar-refractivity contribution in [3.8, 4) is 0 Å². The summed E-state index contributed by atoms with van der Waals surface area (Å²) in [7, 11) is 0. The maximum absolute atomic E-state index is 11.4. The molecule has 3 nitrogen and oxygen atoms in total. The topological polar surface area (TPSA) is 46.3 Å². The van der Waals surface area contributed by atoms with Gasteiger partial charge in [-0.05, 0) is 25.3 Å². The lowest BCUT2D eigenvalue weighted by Gasteiger charge is -2.38. The zero-order chi connectivity index (χ0) is 8.55. The number of hydrogen-bond acceptors (Lipinski definition) is 2. The lowest BCUT2D eigenvalue weighted by molar-refractivity contribution is -0.137. The van der Waals surface area contributed by atoms with Crippen LogP contribution in [0.5, 0.6) is 0 Å². The molecule has 0 aromatic rings. The van der Waals surface area contributed by atoms with Gasteiger partial charge >= 0.3 is 0 Å². The number of rotatable bonds is 3. The minimum Gasteiger partial charge on any atom is -0.342 e. The second-order valence-electron chi connectivity index (χ2n) is 4.05. The van der Waals surface area contributed by atoms with Crippen LogP contribution in [0.4, 0.5) is 0 Å². The highest BCUT2D eigenvalue weighted by molar-refractivity contribution is 5.77. The molecule has 1 amide bonds. The molecular formula is C9H16N2O. The first-order valence-corrected chi connectivity index (χ1v) is 4.77. The molecule has 68 valence electrons. The molecule has 2 aliphatic rings. The largest absolute Gasteiger partial charge is 0.342 e. The molecule has 2 N–H and O–H groups in total. The first kappa shape index (κ1) is 8.05. The SMILES string of the molecule is NCC1CN(C(=O)CC2CC2)C1. The van der Waals surface area contributed by atoms with Crippen LogP contribution in [0, 0.1) is 11.8 Å². The summed E-state index contributed by atoms with van der Waals surface area (Å²) < 4.78 is 0. The van der Waals surface area contributed by atoms with Gasteiger partial charge in [0.15, 0.2) is 0 Å². The third-order valence-electron chi connectivity index (χ3n) is 2.80. The molecule has 0 radical (unpaired) electrons. The van der Waals surface area contributed by atoms with Crippen LogP contribution in [0.3, 0.4) is 0 Å². The fourth-order valence-corrected chi connectivity index (χ4v) is 1.62. The molecule has 1 saturated carbocycles. The van der Waals surface area contributed by atoms with E-state index in [1.807, 2.05) is 4.90 Å². The molecule has 0 spiro atoms. The number of nitrogens with two attached hydrogens (primary N) is 1. The van der Waals surface area contributed by atoms with Gasteiger partial charge in [0.1, 0.15) is 0 Å². The molecule has 1 aliphatic heterocycles. The van der Waals surface area contributed by atoms with Crippen molar-refractivity contribution in [2.75, 3.05) is 19.6 Å². The fraction of sp³-hybridized carbons (Fsp3) is 0.889. The summed E-state index contributed by atoms with van der Waals surface area (Å²) in [4.78, 5) is 13.4. The monoisotopic (exact) mass is 168 g/mol. The van der Waals surface area contributed by atoms with E-state index in [9.17, 15) is 4.79 Å². The lowest BCUT2D eigenvalue weighted by atomic mass is 10.00. The maximum atomic E-state index is 11.4. The van der Waals surface area contributed by atoms with E-state index in [0.717, 1.165) is 32.0 Å². The van der Waals surface area contributed by atoms with Crippen molar-refractivity contribution in [2.24, 2.45) is 17.6 Å². The summed E-state index contributed by atoms with van der Waals surface area (Å²) in [5.74, 6) is 1.64. The summed E-state index contributed by atoms with van der Waals surface area (Å²) in [5.41, 5.74) is 5.47. The van der Waals surface area contributed by atoms with Gasteiger partial charge in [-0.1, -0.05) is 0 Å². The van der Waals surface area contributed by atoms with Gasteiger partial charge in [-0.3, -0.25) is 4.79 Å². The number of likely N-dealkylation sites (tertiary alicyclic amines) is 1. The van der Waals surface area contributed by atoms with Crippen LogP contribution >= 0.6 is 0 Å². The maximum Gasteiger partial charge on any atom is 0.222 e. The van der Waals surface area contributed by atoms with Gasteiger partial charge in [0.25, 0.3) is 0 Å². The van der Waals surface area contributed by atoms with E-state index < -0.39 is 0 Å². The van der Waals surface area contributed by atoms with E-state index >= 15 is 0 Å². The van der Waals surface area contributed by atoms with Crippen LogP contribution in [0.25, 0.3) is 0 Å². The highest BCUT2D eigenvalue weighted by atomic mass is 16.2. The number of hydrogen-bond donors (Lipinski definition) is 1. The van der Waals surface area contributed by atoms with Gasteiger partial charge in [-0.15, -0.1) is 0 Å². The standard InChI is InChI=1S/C9H16N2O/c10-4-8-5-11(6-8)9(12)3-7-1-2-7/h7-8H,1-6,10H2. The zero-order valence-corrected chi connectivity index (χ0v) is 7.33. The quantitative estimate of drug-likeness (QED) is 0.654. The van der Waals surface area contributed by atoms with Crippen molar-refractivity contribution >= 4 is 5.91 Å². The summed E-state index contributed by atoms with van der Waals surface area (Å²) >= 11 is 0. The first-order chi connectivity index (χ1) is 5.79. The third kappa shape index (κ3) is 1.61. The fourth-order valence-electron chi connectivity index (χ4n) is 1.62. The molecule has 1 saturated heterocycles. The van der Waals surface area contributed by atoms with Gasteiger partial charge in [0.2, 0.25) is 5.91 Å². The van der Waals surface area contributed by atoms with Gasteiger partial charge < -0.3 is 10.6 Å². The lowest BCUT2D eigenvalue weighted by Crippen LogP contribution is -2.52. The molecule has 0 atom stereocenters. The number of amides is 1. The highest BCUT2D eigenvalue weighted by Gasteiger charge is 2.32. The summed E-state index contributed by atoms with van der Waals surface area (Å²) in [6.45, 7) is 2.54. The van der Waals surface area contributed by atoms with Crippen LogP contribution in [0.1, 0.15) is 19.3 Å². The molecule has 12 heavy (non-hydrogen) atoms. The van der Waals surface area contributed by atoms with Gasteiger partial charge in [0.05, 0.1) is 0 Å². The molecule has 0 bridgehead atoms. The average molecular weight is 168 g/mol. The molecule has 0 aromatic carbocycles. The van der Waals surface area contributed by atoms with Crippen molar-refractivity contribution in [3.05, 3.63) is 0 Å². The number of nitrogens with zero attached hydrogens (tertiary/aromatic N) is 1. The number of carbonyl (C=O) groups is 1. The minimum absolute atomic E-state index is 0.349. The Morgan fingerprint density at radius 3 is 2.50 bits per heavy atom. The predicted octanol–water partition coefficient (Wildman–Crippen LogP) is 0.204. The Labute approximate surface area is 72.9 Å². The summed E-state index contributed by atoms with van der Waals surface area (Å²) in [6.07, 6.45) is 3.32. The molecular weight excluding hydrogens is 152 g/mol. The molecule has 1 heterocycles. The molecule has 2 rings (SSSR count). The summed E-state index contributed by atoms with van der Waals surface area (Å²) in [5, 5.41) is 0. The Balaban J connectivity index is 1.68. The van der Waals surface area contributed by atoms with E-state index in [-0.39, 0.29) is 0 Å². The zero-order valence-electron chi connectivity index (χ0n) is 7.33. The Kier molecular flexibility index (Phi) is 2.05. The van der Waals surface area contributed by atoms with Crippen LogP contribution in [-0.4, -0.2) is 30.4 Å². The van der Waals surface area contributed by atoms with Crippen molar-refractivity contribution < 1.29 is 4.79 Å². The predicted molar refractivity (Wildman–Crippen MR) is 46.5 cm³/mol. The van der Waals surface area contributed by atoms with Crippen LogP contribution < -0.4 is 5.73 Å². The molecule has 0 aromatic heterocycles. The molecule has 1 aliphatic carbocycles. The Bertz CT molecular complexity index is 183. The first-order valence-electron chi connectivity index (χ1n) is 4.77. The molecule has 3 heteroatoms. The second kappa shape index (κ2) is 3.05. The average Bonchev–Trinajstić information content (AvgIpc) is 2.69. The van der Waals surface area contributed by atoms with Gasteiger partial charge in [-0.2, -0.15) is 0 Å². The Morgan fingerprint density at radius 2 is 2.00 bits per heavy atom. The van der Waals surface area contributed by atoms with Crippen molar-refractivity contribution in [1.29, 1.82) is 0 Å². The minimum atomic E-state index is 0.349. The van der Waals surface area contributed by atoms with E-state index in [4.69, 9.17) is 5.73 Å². The Hall–Kier alpha value is -0.570. The van der Waals surface area contributed by atoms with Gasteiger partial charge in [0, 0.05) is 25.4 Å². The van der Waals surface area contributed by atoms with E-state index in [1.54, 1.807) is 0 Å². The second-order valence-corrected chi connectivity index (χ2v) is 4.05. The normalized spacial score (nSPS) is 23.9. The number of carbonyl (C=O) groups excluding carboxylic acids is 1. The van der Waals surface area contributed by atoms with Crippen molar-refractivity contribution in [2.45, 2.75) is 19.3 Å². The smallest absolute Gasteiger partial charge is 0.222 e. The highest BCUT2D eigenvalue weighted by Crippen LogP contribution is 2.33. The van der Waals surface area contributed by atoms with E-state index in [0.29, 0.717) is 11.8 Å². The Morgan fingerprint density at radius 1 is 1.33 bits per heavy atom. The third-order valence-corrected chi connectivity index (χ3v) is 2.80. The van der Waals surface area contributed by atoms with Crippen LogP contribution in [0.15, 0.2) is 0 Å². The molecule has 2 fully saturated rings. The van der Waals surface area contributed by atoms with Gasteiger partial charge in [-0.25, -0.2) is 0 Å².